The molecule has 2 aromatic rings. The van der Waals surface area contributed by atoms with Gasteiger partial charge in [0.1, 0.15) is 5.75 Å². The van der Waals surface area contributed by atoms with Crippen LogP contribution in [0.4, 0.5) is 0 Å². The number of likely N-dealkylation sites (N-methyl/N-ethyl adjacent to an activating group) is 1. The van der Waals surface area contributed by atoms with Crippen molar-refractivity contribution in [1.29, 1.82) is 0 Å². The number of aryl methyl sites for hydroxylation is 1. The molecule has 0 radical (unpaired) electrons. The summed E-state index contributed by atoms with van der Waals surface area (Å²) in [6, 6.07) is 5.84. The van der Waals surface area contributed by atoms with Gasteiger partial charge in [0.15, 0.2) is 0 Å². The summed E-state index contributed by atoms with van der Waals surface area (Å²) in [5.74, 6) is 0.277. The maximum absolute atomic E-state index is 13.2. The van der Waals surface area contributed by atoms with Crippen molar-refractivity contribution in [3.63, 3.8) is 0 Å². The molecule has 0 saturated carbocycles. The first-order valence-electron chi connectivity index (χ1n) is 11.7. The molecule has 1 aliphatic heterocycles. The second-order valence-electron chi connectivity index (χ2n) is 8.92. The van der Waals surface area contributed by atoms with Crippen LogP contribution < -0.4 is 4.74 Å². The normalized spacial score (nSPS) is 21.2. The number of carbonyl (C=O) groups is 1. The summed E-state index contributed by atoms with van der Waals surface area (Å²) in [5, 5.41) is 17.8. The minimum Gasteiger partial charge on any atom is -0.497 e. The lowest BCUT2D eigenvalue weighted by Gasteiger charge is -2.35. The van der Waals surface area contributed by atoms with E-state index >= 15 is 0 Å². The Morgan fingerprint density at radius 1 is 1.31 bits per heavy atom. The van der Waals surface area contributed by atoms with Gasteiger partial charge in [0, 0.05) is 39.0 Å². The van der Waals surface area contributed by atoms with E-state index in [1.807, 2.05) is 6.92 Å². The van der Waals surface area contributed by atoms with Crippen LogP contribution in [0, 0.1) is 5.92 Å². The highest BCUT2D eigenvalue weighted by Gasteiger charge is 2.31. The summed E-state index contributed by atoms with van der Waals surface area (Å²) in [6.07, 6.45) is 1.99. The van der Waals surface area contributed by atoms with Crippen LogP contribution in [-0.2, 0) is 32.7 Å². The molecule has 3 atom stereocenters. The van der Waals surface area contributed by atoms with Crippen LogP contribution in [0.2, 0.25) is 0 Å². The quantitative estimate of drug-likeness (QED) is 0.589. The lowest BCUT2D eigenvalue weighted by molar-refractivity contribution is -0.136. The second-order valence-corrected chi connectivity index (χ2v) is 11.0. The SMILES string of the molecule is COc1ccc(S(=O)(=O)N(C)C[C@@H]2OCc3cnnn3CCCC(=O)N([C@H](C)CO)C[C@@H]2C)cc1. The smallest absolute Gasteiger partial charge is 0.242 e. The predicted molar refractivity (Wildman–Crippen MR) is 128 cm³/mol. The summed E-state index contributed by atoms with van der Waals surface area (Å²) in [5.41, 5.74) is 0.761. The summed E-state index contributed by atoms with van der Waals surface area (Å²) >= 11 is 0. The Bertz CT molecular complexity index is 1070. The van der Waals surface area contributed by atoms with Crippen molar-refractivity contribution >= 4 is 15.9 Å². The number of fused-ring (bicyclic) bond motifs is 1. The van der Waals surface area contributed by atoms with E-state index in [1.54, 1.807) is 34.8 Å². The number of hydrogen-bond donors (Lipinski definition) is 1. The van der Waals surface area contributed by atoms with Gasteiger partial charge in [-0.1, -0.05) is 12.1 Å². The molecule has 1 aromatic carbocycles. The zero-order valence-electron chi connectivity index (χ0n) is 20.7. The molecule has 3 rings (SSSR count). The highest BCUT2D eigenvalue weighted by molar-refractivity contribution is 7.89. The van der Waals surface area contributed by atoms with Crippen LogP contribution in [0.3, 0.4) is 0 Å². The first-order valence-corrected chi connectivity index (χ1v) is 13.1. The van der Waals surface area contributed by atoms with Gasteiger partial charge >= 0.3 is 0 Å². The number of benzene rings is 1. The number of amides is 1. The lowest BCUT2D eigenvalue weighted by Crippen LogP contribution is -2.47. The van der Waals surface area contributed by atoms with E-state index < -0.39 is 16.1 Å². The van der Waals surface area contributed by atoms with Gasteiger partial charge in [-0.2, -0.15) is 4.31 Å². The molecule has 1 amide bonds. The number of nitrogens with zero attached hydrogens (tertiary/aromatic N) is 5. The molecule has 11 nitrogen and oxygen atoms in total. The summed E-state index contributed by atoms with van der Waals surface area (Å²) in [7, 11) is -0.755. The maximum atomic E-state index is 13.2. The number of sulfonamides is 1. The average Bonchev–Trinajstić information content (AvgIpc) is 3.30. The van der Waals surface area contributed by atoms with Crippen LogP contribution >= 0.6 is 0 Å². The molecule has 2 heterocycles. The number of aliphatic hydroxyl groups excluding tert-OH is 1. The average molecular weight is 510 g/mol. The summed E-state index contributed by atoms with van der Waals surface area (Å²) in [6.45, 7) is 4.68. The minimum absolute atomic E-state index is 0.0707. The van der Waals surface area contributed by atoms with Crippen LogP contribution in [0.1, 0.15) is 32.4 Å². The van der Waals surface area contributed by atoms with Gasteiger partial charge in [-0.05, 0) is 37.6 Å². The van der Waals surface area contributed by atoms with Gasteiger partial charge in [0.05, 0.1) is 49.3 Å². The summed E-state index contributed by atoms with van der Waals surface area (Å²) in [4.78, 5) is 14.8. The third-order valence-electron chi connectivity index (χ3n) is 6.34. The topological polar surface area (TPSA) is 127 Å². The zero-order chi connectivity index (χ0) is 25.6. The molecular formula is C23H35N5O6S. The van der Waals surface area contributed by atoms with Crippen LogP contribution in [-0.4, -0.2) is 89.6 Å². The zero-order valence-corrected chi connectivity index (χ0v) is 21.5. The van der Waals surface area contributed by atoms with E-state index in [0.717, 1.165) is 5.69 Å². The van der Waals surface area contributed by atoms with Crippen molar-refractivity contribution in [3.8, 4) is 5.75 Å². The molecule has 1 aromatic heterocycles. The Kier molecular flexibility index (Phi) is 9.22. The number of carbonyl (C=O) groups excluding carboxylic acids is 1. The first kappa shape index (κ1) is 27.1. The van der Waals surface area contributed by atoms with Gasteiger partial charge < -0.3 is 19.5 Å². The van der Waals surface area contributed by atoms with Crippen molar-refractivity contribution in [2.24, 2.45) is 5.92 Å². The highest BCUT2D eigenvalue weighted by atomic mass is 32.2. The second kappa shape index (κ2) is 11.9. The Hall–Kier alpha value is -2.54. The van der Waals surface area contributed by atoms with E-state index in [2.05, 4.69) is 10.3 Å². The van der Waals surface area contributed by atoms with Gasteiger partial charge in [0.2, 0.25) is 15.9 Å². The standard InChI is InChI=1S/C23H35N5O6S/c1-17-13-27(18(2)15-29)23(30)6-5-11-28-19(12-24-25-28)16-34-22(17)14-26(3)35(31,32)21-9-7-20(33-4)8-10-21/h7-10,12,17-18,22,29H,5-6,11,13-16H2,1-4H3/t17-,18+,22-/m0/s1. The molecule has 1 aliphatic rings. The fraction of sp³-hybridized carbons (Fsp3) is 0.609. The van der Waals surface area contributed by atoms with E-state index in [0.29, 0.717) is 31.7 Å². The third kappa shape index (κ3) is 6.57. The maximum Gasteiger partial charge on any atom is 0.242 e. The molecule has 0 spiro atoms. The molecule has 0 saturated heterocycles. The van der Waals surface area contributed by atoms with E-state index in [1.165, 1.54) is 30.6 Å². The molecule has 0 fully saturated rings. The predicted octanol–water partition coefficient (Wildman–Crippen LogP) is 1.13. The summed E-state index contributed by atoms with van der Waals surface area (Å²) < 4.78 is 40.8. The first-order chi connectivity index (χ1) is 16.7. The number of aromatic nitrogens is 3. The Labute approximate surface area is 206 Å². The van der Waals surface area contributed by atoms with Crippen LogP contribution in [0.5, 0.6) is 5.75 Å². The van der Waals surface area contributed by atoms with Crippen molar-refractivity contribution in [2.45, 2.75) is 56.9 Å². The highest BCUT2D eigenvalue weighted by Crippen LogP contribution is 2.22. The van der Waals surface area contributed by atoms with Crippen LogP contribution in [0.25, 0.3) is 0 Å². The van der Waals surface area contributed by atoms with E-state index in [9.17, 15) is 18.3 Å². The van der Waals surface area contributed by atoms with Crippen LogP contribution in [0.15, 0.2) is 35.4 Å². The number of methoxy groups -OCH3 is 1. The molecule has 35 heavy (non-hydrogen) atoms. The number of ether oxygens (including phenoxy) is 2. The number of hydrogen-bond acceptors (Lipinski definition) is 8. The van der Waals surface area contributed by atoms with E-state index in [-0.39, 0.29) is 42.5 Å². The lowest BCUT2D eigenvalue weighted by atomic mass is 10.0. The fourth-order valence-electron chi connectivity index (χ4n) is 4.03. The molecule has 0 unspecified atom stereocenters. The largest absolute Gasteiger partial charge is 0.497 e. The minimum atomic E-state index is -3.78. The Morgan fingerprint density at radius 2 is 2.03 bits per heavy atom. The van der Waals surface area contributed by atoms with Crippen molar-refractivity contribution < 1.29 is 27.8 Å². The third-order valence-corrected chi connectivity index (χ3v) is 8.18. The van der Waals surface area contributed by atoms with Gasteiger partial charge in [-0.3, -0.25) is 4.79 Å². The van der Waals surface area contributed by atoms with Crippen molar-refractivity contribution in [2.75, 3.05) is 33.9 Å². The van der Waals surface area contributed by atoms with Gasteiger partial charge in [-0.25, -0.2) is 13.1 Å². The molecule has 12 heteroatoms. The number of rotatable bonds is 7. The Morgan fingerprint density at radius 3 is 2.69 bits per heavy atom. The van der Waals surface area contributed by atoms with Gasteiger partial charge in [-0.15, -0.1) is 5.10 Å². The molecule has 1 N–H and O–H groups in total. The number of aliphatic hydroxyl groups is 1. The van der Waals surface area contributed by atoms with Crippen molar-refractivity contribution in [3.05, 3.63) is 36.2 Å². The van der Waals surface area contributed by atoms with Gasteiger partial charge in [0.25, 0.3) is 0 Å². The molecule has 0 bridgehead atoms. The monoisotopic (exact) mass is 509 g/mol. The molecular weight excluding hydrogens is 474 g/mol. The fourth-order valence-corrected chi connectivity index (χ4v) is 5.21. The molecule has 0 aliphatic carbocycles. The Balaban J connectivity index is 1.86. The van der Waals surface area contributed by atoms with Crippen molar-refractivity contribution in [1.82, 2.24) is 24.2 Å². The molecule has 194 valence electrons. The van der Waals surface area contributed by atoms with E-state index in [4.69, 9.17) is 9.47 Å².